The lowest BCUT2D eigenvalue weighted by Crippen LogP contribution is -2.54. The SMILES string of the molecule is C/C=C(/C)C(=O)O[C@H]1[C@H]2[C@H](OC(=O)[C@]23CC=C(CCC=C(C)C)CC3)[C@H](O)[C@@H](C)[C@@H]2C=CC(=O)[C@@]21C. The van der Waals surface area contributed by atoms with Crippen LogP contribution in [0.25, 0.3) is 0 Å². The van der Waals surface area contributed by atoms with Crippen LogP contribution in [0.3, 0.4) is 0 Å². The van der Waals surface area contributed by atoms with Crippen LogP contribution in [0, 0.1) is 28.6 Å². The summed E-state index contributed by atoms with van der Waals surface area (Å²) in [5, 5.41) is 11.4. The minimum atomic E-state index is -1.09. The molecular formula is C30H40O6. The third-order valence-electron chi connectivity index (χ3n) is 9.33. The molecule has 4 aliphatic rings. The van der Waals surface area contributed by atoms with Gasteiger partial charge >= 0.3 is 11.9 Å². The quantitative estimate of drug-likeness (QED) is 0.327. The van der Waals surface area contributed by atoms with Crippen LogP contribution in [0.4, 0.5) is 0 Å². The van der Waals surface area contributed by atoms with Crippen molar-refractivity contribution >= 4 is 17.7 Å². The predicted molar refractivity (Wildman–Crippen MR) is 137 cm³/mol. The molecule has 4 rings (SSSR count). The van der Waals surface area contributed by atoms with Crippen LogP contribution in [0.15, 0.2) is 47.1 Å². The molecule has 0 radical (unpaired) electrons. The third kappa shape index (κ3) is 4.11. The molecule has 0 unspecified atom stereocenters. The minimum Gasteiger partial charge on any atom is -0.459 e. The average molecular weight is 497 g/mol. The summed E-state index contributed by atoms with van der Waals surface area (Å²) in [5.74, 6) is -2.29. The Morgan fingerprint density at radius 3 is 2.61 bits per heavy atom. The Balaban J connectivity index is 1.78. The fraction of sp³-hybridized carbons (Fsp3) is 0.633. The van der Waals surface area contributed by atoms with Crippen LogP contribution >= 0.6 is 0 Å². The summed E-state index contributed by atoms with van der Waals surface area (Å²) < 4.78 is 12.1. The van der Waals surface area contributed by atoms with E-state index in [2.05, 4.69) is 26.0 Å². The van der Waals surface area contributed by atoms with Crippen LogP contribution in [0.5, 0.6) is 0 Å². The Labute approximate surface area is 214 Å². The van der Waals surface area contributed by atoms with Gasteiger partial charge in [0, 0.05) is 5.57 Å². The number of aliphatic hydroxyl groups is 1. The second-order valence-corrected chi connectivity index (χ2v) is 11.6. The number of ether oxygens (including phenoxy) is 2. The highest BCUT2D eigenvalue weighted by Gasteiger charge is 2.70. The van der Waals surface area contributed by atoms with Crippen LogP contribution < -0.4 is 0 Å². The smallest absolute Gasteiger partial charge is 0.333 e. The number of esters is 2. The molecule has 0 amide bonds. The van der Waals surface area contributed by atoms with Crippen LogP contribution in [-0.4, -0.2) is 41.1 Å². The van der Waals surface area contributed by atoms with Gasteiger partial charge in [-0.05, 0) is 84.6 Å². The lowest BCUT2D eigenvalue weighted by Gasteiger charge is -2.44. The molecule has 196 valence electrons. The molecule has 1 saturated carbocycles. The van der Waals surface area contributed by atoms with E-state index in [9.17, 15) is 19.5 Å². The number of rotatable bonds is 5. The fourth-order valence-electron chi connectivity index (χ4n) is 6.88. The zero-order valence-corrected chi connectivity index (χ0v) is 22.4. The molecule has 0 aromatic heterocycles. The maximum absolute atomic E-state index is 13.6. The van der Waals surface area contributed by atoms with E-state index in [0.29, 0.717) is 18.4 Å². The normalized spacial score (nSPS) is 39.8. The van der Waals surface area contributed by atoms with Gasteiger partial charge in [-0.15, -0.1) is 0 Å². The molecular weight excluding hydrogens is 456 g/mol. The van der Waals surface area contributed by atoms with Crippen molar-refractivity contribution in [1.82, 2.24) is 0 Å². The number of aliphatic hydroxyl groups excluding tert-OH is 1. The van der Waals surface area contributed by atoms with Gasteiger partial charge in [-0.2, -0.15) is 0 Å². The lowest BCUT2D eigenvalue weighted by atomic mass is 9.59. The average Bonchev–Trinajstić information content (AvgIpc) is 3.28. The maximum Gasteiger partial charge on any atom is 0.333 e. The number of allylic oxidation sites excluding steroid dienone is 7. The zero-order chi connectivity index (χ0) is 26.4. The van der Waals surface area contributed by atoms with Gasteiger partial charge in [-0.25, -0.2) is 4.79 Å². The minimum absolute atomic E-state index is 0.133. The summed E-state index contributed by atoms with van der Waals surface area (Å²) in [4.78, 5) is 40.1. The Morgan fingerprint density at radius 2 is 2.00 bits per heavy atom. The Kier molecular flexibility index (Phi) is 7.22. The number of fused-ring (bicyclic) bond motifs is 3. The zero-order valence-electron chi connectivity index (χ0n) is 22.4. The predicted octanol–water partition coefficient (Wildman–Crippen LogP) is 5.02. The van der Waals surface area contributed by atoms with Crippen LogP contribution in [0.2, 0.25) is 0 Å². The highest BCUT2D eigenvalue weighted by atomic mass is 16.6. The molecule has 36 heavy (non-hydrogen) atoms. The van der Waals surface area contributed by atoms with E-state index >= 15 is 0 Å². The largest absolute Gasteiger partial charge is 0.459 e. The van der Waals surface area contributed by atoms with Crippen molar-refractivity contribution in [1.29, 1.82) is 0 Å². The third-order valence-corrected chi connectivity index (χ3v) is 9.33. The van der Waals surface area contributed by atoms with Crippen molar-refractivity contribution in [3.8, 4) is 0 Å². The molecule has 6 nitrogen and oxygen atoms in total. The van der Waals surface area contributed by atoms with E-state index in [0.717, 1.165) is 19.3 Å². The topological polar surface area (TPSA) is 89.9 Å². The number of hydrogen-bond donors (Lipinski definition) is 1. The molecule has 6 heteroatoms. The Morgan fingerprint density at radius 1 is 1.28 bits per heavy atom. The molecule has 3 aliphatic carbocycles. The molecule has 1 spiro atoms. The first kappa shape index (κ1) is 26.6. The highest BCUT2D eigenvalue weighted by Crippen LogP contribution is 2.61. The lowest BCUT2D eigenvalue weighted by molar-refractivity contribution is -0.167. The number of carbonyl (C=O) groups is 3. The number of carbonyl (C=O) groups excluding carboxylic acids is 3. The van der Waals surface area contributed by atoms with Crippen molar-refractivity contribution in [2.75, 3.05) is 0 Å². The van der Waals surface area contributed by atoms with Gasteiger partial charge in [-0.1, -0.05) is 42.4 Å². The summed E-state index contributed by atoms with van der Waals surface area (Å²) in [5.41, 5.74) is 0.995. The standard InChI is InChI=1S/C30H40O6/c1-7-18(4)27(33)36-26-23-25(24(32)19(5)21-11-12-22(31)29(21,26)6)35-28(34)30(23)15-13-20(14-16-30)10-8-9-17(2)3/h7,9,11-13,19,21,23-26,32H,8,10,14-16H2,1-6H3/b18-7-/t19-,21-,23+,24+,25-,26-,29+,30-/m0/s1. The van der Waals surface area contributed by atoms with E-state index in [-0.39, 0.29) is 23.6 Å². The molecule has 1 saturated heterocycles. The summed E-state index contributed by atoms with van der Waals surface area (Å²) in [7, 11) is 0. The molecule has 1 heterocycles. The molecule has 1 N–H and O–H groups in total. The van der Waals surface area contributed by atoms with Crippen LogP contribution in [0.1, 0.15) is 73.6 Å². The first-order chi connectivity index (χ1) is 17.0. The second kappa shape index (κ2) is 9.77. The van der Waals surface area contributed by atoms with Gasteiger partial charge in [0.1, 0.15) is 12.2 Å². The van der Waals surface area contributed by atoms with Gasteiger partial charge in [0.25, 0.3) is 0 Å². The van der Waals surface area contributed by atoms with E-state index in [1.54, 1.807) is 26.0 Å². The van der Waals surface area contributed by atoms with E-state index in [4.69, 9.17) is 9.47 Å². The monoisotopic (exact) mass is 496 g/mol. The van der Waals surface area contributed by atoms with Crippen molar-refractivity contribution < 1.29 is 29.0 Å². The fourth-order valence-corrected chi connectivity index (χ4v) is 6.88. The van der Waals surface area contributed by atoms with Crippen molar-refractivity contribution in [2.24, 2.45) is 28.6 Å². The maximum atomic E-state index is 13.6. The number of ketones is 1. The van der Waals surface area contributed by atoms with E-state index < -0.39 is 41.0 Å². The summed E-state index contributed by atoms with van der Waals surface area (Å²) >= 11 is 0. The van der Waals surface area contributed by atoms with Crippen molar-refractivity contribution in [3.05, 3.63) is 47.1 Å². The van der Waals surface area contributed by atoms with Gasteiger partial charge in [0.05, 0.1) is 22.9 Å². The van der Waals surface area contributed by atoms with Gasteiger partial charge in [-0.3, -0.25) is 9.59 Å². The highest BCUT2D eigenvalue weighted by molar-refractivity contribution is 5.99. The molecule has 0 aromatic carbocycles. The second-order valence-electron chi connectivity index (χ2n) is 11.6. The van der Waals surface area contributed by atoms with Gasteiger partial charge in [0.2, 0.25) is 0 Å². The summed E-state index contributed by atoms with van der Waals surface area (Å²) in [6.07, 6.45) is 10.3. The van der Waals surface area contributed by atoms with Crippen molar-refractivity contribution in [2.45, 2.75) is 92.0 Å². The molecule has 0 bridgehead atoms. The number of hydrogen-bond acceptors (Lipinski definition) is 6. The first-order valence-corrected chi connectivity index (χ1v) is 13.2. The van der Waals surface area contributed by atoms with E-state index in [1.165, 1.54) is 11.1 Å². The molecule has 0 aromatic rings. The summed E-state index contributed by atoms with van der Waals surface area (Å²) in [6.45, 7) is 11.3. The molecule has 1 aliphatic heterocycles. The first-order valence-electron chi connectivity index (χ1n) is 13.2. The van der Waals surface area contributed by atoms with Gasteiger partial charge in [0.15, 0.2) is 5.78 Å². The molecule has 8 atom stereocenters. The molecule has 2 fully saturated rings. The van der Waals surface area contributed by atoms with Crippen molar-refractivity contribution in [3.63, 3.8) is 0 Å². The van der Waals surface area contributed by atoms with Gasteiger partial charge < -0.3 is 14.6 Å². The Bertz CT molecular complexity index is 1060. The summed E-state index contributed by atoms with van der Waals surface area (Å²) in [6, 6.07) is 0. The Hall–Kier alpha value is -2.47. The van der Waals surface area contributed by atoms with E-state index in [1.807, 2.05) is 19.9 Å². The van der Waals surface area contributed by atoms with Crippen LogP contribution in [-0.2, 0) is 23.9 Å².